The largest absolute Gasteiger partial charge is 0.481 e. The van der Waals surface area contributed by atoms with Crippen LogP contribution in [0.1, 0.15) is 87.4 Å². The van der Waals surface area contributed by atoms with E-state index in [-0.39, 0.29) is 1.43 Å². The average molecular weight is 469 g/mol. The molecule has 0 unspecified atom stereocenters. The molecule has 0 aromatic heterocycles. The molecule has 0 radical (unpaired) electrons. The van der Waals surface area contributed by atoms with Crippen molar-refractivity contribution in [3.8, 4) is 0 Å². The highest BCUT2D eigenvalue weighted by Gasteiger charge is 2.31. The minimum Gasteiger partial charge on any atom is -0.481 e. The van der Waals surface area contributed by atoms with Crippen LogP contribution in [0.2, 0.25) is 0 Å². The van der Waals surface area contributed by atoms with Crippen LogP contribution in [0.25, 0.3) is 0 Å². The Hall–Kier alpha value is -2.63. The van der Waals surface area contributed by atoms with Crippen LogP contribution in [-0.4, -0.2) is 33.2 Å². The van der Waals surface area contributed by atoms with E-state index < -0.39 is 34.2 Å². The van der Waals surface area contributed by atoms with Crippen molar-refractivity contribution in [2.75, 3.05) is 0 Å². The van der Waals surface area contributed by atoms with Crippen LogP contribution in [0.15, 0.2) is 50.6 Å². The van der Waals surface area contributed by atoms with E-state index in [1.807, 2.05) is 20.8 Å². The Morgan fingerprint density at radius 2 is 0.818 bits per heavy atom. The fourth-order valence-electron chi connectivity index (χ4n) is 3.23. The molecule has 0 aromatic carbocycles. The number of aliphatic carboxylic acids is 3. The van der Waals surface area contributed by atoms with Crippen LogP contribution in [0.3, 0.4) is 0 Å². The zero-order valence-electron chi connectivity index (χ0n) is 21.4. The number of carbonyl (C=O) groups is 3. The van der Waals surface area contributed by atoms with Crippen LogP contribution < -0.4 is 0 Å². The smallest absolute Gasteiger partial charge is 0.309 e. The van der Waals surface area contributed by atoms with Crippen molar-refractivity contribution in [1.29, 1.82) is 0 Å². The SMILES string of the molecule is C=CCC(C)(CC=C)C(=O)O.C=CCC(C)(CC=C)C(=O)O.CCCC(C)(CCC)C(=O)O.[HH]. The van der Waals surface area contributed by atoms with Crippen molar-refractivity contribution < 1.29 is 31.1 Å². The Balaban J connectivity index is -0.000000196. The molecule has 0 aliphatic heterocycles. The molecule has 6 heteroatoms. The molecule has 0 heterocycles. The van der Waals surface area contributed by atoms with E-state index in [1.54, 1.807) is 38.2 Å². The molecule has 0 amide bonds. The molecule has 0 rings (SSSR count). The minimum absolute atomic E-state index is 0. The Morgan fingerprint density at radius 1 is 0.606 bits per heavy atom. The van der Waals surface area contributed by atoms with Crippen molar-refractivity contribution in [2.45, 2.75) is 86.0 Å². The second-order valence-electron chi connectivity index (χ2n) is 9.07. The summed E-state index contributed by atoms with van der Waals surface area (Å²) in [6.07, 6.45) is 11.9. The fourth-order valence-corrected chi connectivity index (χ4v) is 3.23. The fraction of sp³-hybridized carbons (Fsp3) is 0.593. The second-order valence-corrected chi connectivity index (χ2v) is 9.07. The first-order valence-electron chi connectivity index (χ1n) is 11.3. The van der Waals surface area contributed by atoms with E-state index in [0.29, 0.717) is 25.7 Å². The molecule has 0 aromatic rings. The van der Waals surface area contributed by atoms with E-state index in [4.69, 9.17) is 15.3 Å². The lowest BCUT2D eigenvalue weighted by Gasteiger charge is -2.23. The Kier molecular flexibility index (Phi) is 18.9. The van der Waals surface area contributed by atoms with Gasteiger partial charge in [-0.15, -0.1) is 26.3 Å². The molecular weight excluding hydrogens is 420 g/mol. The van der Waals surface area contributed by atoms with Gasteiger partial charge in [0.2, 0.25) is 0 Å². The first-order chi connectivity index (χ1) is 15.2. The van der Waals surface area contributed by atoms with E-state index in [9.17, 15) is 14.4 Å². The van der Waals surface area contributed by atoms with Gasteiger partial charge >= 0.3 is 17.9 Å². The van der Waals surface area contributed by atoms with Gasteiger partial charge < -0.3 is 15.3 Å². The summed E-state index contributed by atoms with van der Waals surface area (Å²) in [4.78, 5) is 32.2. The van der Waals surface area contributed by atoms with Gasteiger partial charge in [0.15, 0.2) is 0 Å². The molecule has 0 spiro atoms. The van der Waals surface area contributed by atoms with Crippen LogP contribution in [0.4, 0.5) is 0 Å². The standard InChI is InChI=1S/C9H18O2.2C9H14O2.H2/c3*1-4-6-9(3,7-5-2)8(10)11;/h4-7H2,1-3H3,(H,10,11);2*4-5H,1-2,6-7H2,3H3,(H,10,11);1H. The van der Waals surface area contributed by atoms with Gasteiger partial charge in [-0.05, 0) is 59.3 Å². The van der Waals surface area contributed by atoms with Gasteiger partial charge in [0.05, 0.1) is 16.2 Å². The van der Waals surface area contributed by atoms with Gasteiger partial charge in [-0.2, -0.15) is 0 Å². The van der Waals surface area contributed by atoms with E-state index >= 15 is 0 Å². The molecule has 0 aliphatic rings. The van der Waals surface area contributed by atoms with Gasteiger partial charge in [0, 0.05) is 1.43 Å². The third-order valence-corrected chi connectivity index (χ3v) is 5.53. The summed E-state index contributed by atoms with van der Waals surface area (Å²) in [6.45, 7) is 23.3. The predicted octanol–water partition coefficient (Wildman–Crippen LogP) is 7.38. The number of allylic oxidation sites excluding steroid dienone is 4. The van der Waals surface area contributed by atoms with Crippen molar-refractivity contribution in [3.63, 3.8) is 0 Å². The highest BCUT2D eigenvalue weighted by atomic mass is 16.4. The third kappa shape index (κ3) is 14.2. The van der Waals surface area contributed by atoms with Crippen molar-refractivity contribution in [3.05, 3.63) is 50.6 Å². The monoisotopic (exact) mass is 468 g/mol. The minimum atomic E-state index is -0.794. The molecule has 0 atom stereocenters. The first kappa shape index (κ1) is 35.0. The molecule has 0 saturated carbocycles. The molecule has 3 N–H and O–H groups in total. The van der Waals surface area contributed by atoms with Gasteiger partial charge in [-0.25, -0.2) is 0 Å². The van der Waals surface area contributed by atoms with Crippen molar-refractivity contribution >= 4 is 17.9 Å². The number of carboxylic acids is 3. The highest BCUT2D eigenvalue weighted by molar-refractivity contribution is 5.75. The lowest BCUT2D eigenvalue weighted by atomic mass is 9.81. The van der Waals surface area contributed by atoms with Gasteiger partial charge in [-0.1, -0.05) is 51.0 Å². The molecule has 0 fully saturated rings. The zero-order valence-corrected chi connectivity index (χ0v) is 21.4. The van der Waals surface area contributed by atoms with Gasteiger partial charge in [-0.3, -0.25) is 14.4 Å². The lowest BCUT2D eigenvalue weighted by molar-refractivity contribution is -0.149. The molecule has 192 valence electrons. The van der Waals surface area contributed by atoms with Crippen LogP contribution in [0.5, 0.6) is 0 Å². The quantitative estimate of drug-likeness (QED) is 0.216. The number of carboxylic acid groups (broad SMARTS) is 3. The summed E-state index contributed by atoms with van der Waals surface area (Å²) in [7, 11) is 0. The first-order valence-corrected chi connectivity index (χ1v) is 11.3. The summed E-state index contributed by atoms with van der Waals surface area (Å²) in [5.41, 5.74) is -1.92. The lowest BCUT2D eigenvalue weighted by Crippen LogP contribution is -2.26. The third-order valence-electron chi connectivity index (χ3n) is 5.53. The molecule has 0 saturated heterocycles. The number of hydrogen-bond donors (Lipinski definition) is 3. The Morgan fingerprint density at radius 3 is 0.939 bits per heavy atom. The highest BCUT2D eigenvalue weighted by Crippen LogP contribution is 2.29. The topological polar surface area (TPSA) is 112 Å². The van der Waals surface area contributed by atoms with Crippen molar-refractivity contribution in [2.24, 2.45) is 16.2 Å². The van der Waals surface area contributed by atoms with Gasteiger partial charge in [0.1, 0.15) is 0 Å². The van der Waals surface area contributed by atoms with E-state index in [2.05, 4.69) is 26.3 Å². The maximum absolute atomic E-state index is 10.8. The molecule has 6 nitrogen and oxygen atoms in total. The van der Waals surface area contributed by atoms with Crippen LogP contribution in [-0.2, 0) is 14.4 Å². The summed E-state index contributed by atoms with van der Waals surface area (Å²) < 4.78 is 0. The average Bonchev–Trinajstić information content (AvgIpc) is 2.70. The Bertz CT molecular complexity index is 588. The zero-order chi connectivity index (χ0) is 26.7. The second kappa shape index (κ2) is 17.9. The molecule has 0 aliphatic carbocycles. The van der Waals surface area contributed by atoms with Crippen LogP contribution in [0, 0.1) is 16.2 Å². The number of rotatable bonds is 15. The summed E-state index contributed by atoms with van der Waals surface area (Å²) >= 11 is 0. The normalized spacial score (nSPS) is 10.9. The van der Waals surface area contributed by atoms with E-state index in [1.165, 1.54) is 0 Å². The molecule has 0 bridgehead atoms. The van der Waals surface area contributed by atoms with Gasteiger partial charge in [0.25, 0.3) is 0 Å². The maximum atomic E-state index is 10.8. The van der Waals surface area contributed by atoms with Crippen molar-refractivity contribution in [1.82, 2.24) is 0 Å². The molecule has 33 heavy (non-hydrogen) atoms. The molecular formula is C27H48O6. The predicted molar refractivity (Wildman–Crippen MR) is 138 cm³/mol. The van der Waals surface area contributed by atoms with Crippen LogP contribution >= 0.6 is 0 Å². The van der Waals surface area contributed by atoms with E-state index in [0.717, 1.165) is 25.7 Å². The summed E-state index contributed by atoms with van der Waals surface area (Å²) in [6, 6.07) is 0. The Labute approximate surface area is 202 Å². The summed E-state index contributed by atoms with van der Waals surface area (Å²) in [5.74, 6) is -2.24. The number of hydrogen-bond acceptors (Lipinski definition) is 3. The summed E-state index contributed by atoms with van der Waals surface area (Å²) in [5, 5.41) is 26.5. The maximum Gasteiger partial charge on any atom is 0.309 e.